The average molecular weight is 411 g/mol. The molecule has 0 aliphatic rings. The molecule has 0 aliphatic carbocycles. The normalized spacial score (nSPS) is 10.9. The van der Waals surface area contributed by atoms with Crippen molar-refractivity contribution in [1.82, 2.24) is 10.3 Å². The van der Waals surface area contributed by atoms with Gasteiger partial charge in [-0.05, 0) is 36.4 Å². The zero-order valence-electron chi connectivity index (χ0n) is 15.3. The number of amides is 1. The van der Waals surface area contributed by atoms with Gasteiger partial charge in [0.25, 0.3) is 5.91 Å². The summed E-state index contributed by atoms with van der Waals surface area (Å²) in [4.78, 5) is 16.4. The molecule has 2 aromatic heterocycles. The fraction of sp³-hybridized carbons (Fsp3) is 0.0476. The third-order valence-electron chi connectivity index (χ3n) is 4.45. The molecule has 4 rings (SSSR count). The number of nitrogens with two attached hydrogens (primary N) is 1. The number of rotatable bonds is 4. The van der Waals surface area contributed by atoms with Gasteiger partial charge in [0.05, 0.1) is 10.4 Å². The molecule has 0 saturated heterocycles. The largest absolute Gasteiger partial charge is 0.436 e. The highest BCUT2D eigenvalue weighted by Gasteiger charge is 2.18. The van der Waals surface area contributed by atoms with Crippen LogP contribution in [0.2, 0.25) is 5.02 Å². The molecule has 29 heavy (non-hydrogen) atoms. The topological polar surface area (TPSA) is 93.2 Å². The summed E-state index contributed by atoms with van der Waals surface area (Å²) in [5.74, 6) is -0.560. The van der Waals surface area contributed by atoms with Gasteiger partial charge in [0.2, 0.25) is 5.88 Å². The molecule has 0 saturated carbocycles. The minimum atomic E-state index is -0.510. The van der Waals surface area contributed by atoms with Crippen molar-refractivity contribution in [1.29, 1.82) is 0 Å². The van der Waals surface area contributed by atoms with Crippen LogP contribution in [-0.2, 0) is 0 Å². The lowest BCUT2D eigenvalue weighted by molar-refractivity contribution is 0.0963. The van der Waals surface area contributed by atoms with Gasteiger partial charge in [0.15, 0.2) is 5.58 Å². The first kappa shape index (κ1) is 18.8. The molecule has 0 atom stereocenters. The molecule has 6 nitrogen and oxygen atoms in total. The Morgan fingerprint density at radius 2 is 2.03 bits per heavy atom. The number of pyridine rings is 1. The molecule has 2 heterocycles. The second-order valence-electron chi connectivity index (χ2n) is 6.29. The second kappa shape index (κ2) is 7.44. The number of anilines is 3. The first-order chi connectivity index (χ1) is 14.0. The highest BCUT2D eigenvalue weighted by atomic mass is 35.5. The molecule has 0 bridgehead atoms. The summed E-state index contributed by atoms with van der Waals surface area (Å²) in [6, 6.07) is 13.1. The van der Waals surface area contributed by atoms with Crippen LogP contribution in [0.25, 0.3) is 22.2 Å². The molecular weight excluding hydrogens is 395 g/mol. The van der Waals surface area contributed by atoms with Crippen LogP contribution in [0, 0.1) is 5.82 Å². The highest BCUT2D eigenvalue weighted by molar-refractivity contribution is 6.31. The Bertz CT molecular complexity index is 1240. The maximum atomic E-state index is 13.4. The van der Waals surface area contributed by atoms with E-state index in [1.807, 2.05) is 6.07 Å². The van der Waals surface area contributed by atoms with Crippen molar-refractivity contribution in [3.63, 3.8) is 0 Å². The first-order valence-corrected chi connectivity index (χ1v) is 9.07. The van der Waals surface area contributed by atoms with Crippen molar-refractivity contribution in [3.05, 3.63) is 71.1 Å². The van der Waals surface area contributed by atoms with E-state index in [1.165, 1.54) is 12.1 Å². The number of halogens is 2. The molecule has 2 aromatic carbocycles. The van der Waals surface area contributed by atoms with Gasteiger partial charge in [-0.3, -0.25) is 9.78 Å². The third kappa shape index (κ3) is 3.48. The number of hydrogen-bond acceptors (Lipinski definition) is 5. The van der Waals surface area contributed by atoms with Crippen molar-refractivity contribution in [2.75, 3.05) is 18.1 Å². The van der Waals surface area contributed by atoms with Crippen LogP contribution in [0.15, 0.2) is 59.1 Å². The van der Waals surface area contributed by atoms with E-state index in [0.717, 1.165) is 0 Å². The molecular formula is C21H16ClFN4O2. The fourth-order valence-corrected chi connectivity index (χ4v) is 3.23. The van der Waals surface area contributed by atoms with Crippen molar-refractivity contribution < 1.29 is 13.6 Å². The van der Waals surface area contributed by atoms with E-state index >= 15 is 0 Å². The predicted molar refractivity (Wildman–Crippen MR) is 112 cm³/mol. The molecule has 4 aromatic rings. The maximum absolute atomic E-state index is 13.4. The zero-order chi connectivity index (χ0) is 20.5. The van der Waals surface area contributed by atoms with Gasteiger partial charge in [-0.15, -0.1) is 0 Å². The summed E-state index contributed by atoms with van der Waals surface area (Å²) in [7, 11) is 1.57. The Morgan fingerprint density at radius 3 is 2.79 bits per heavy atom. The second-order valence-corrected chi connectivity index (χ2v) is 6.70. The van der Waals surface area contributed by atoms with Crippen LogP contribution in [0.5, 0.6) is 0 Å². The van der Waals surface area contributed by atoms with Gasteiger partial charge >= 0.3 is 0 Å². The van der Waals surface area contributed by atoms with Crippen molar-refractivity contribution >= 4 is 45.7 Å². The van der Waals surface area contributed by atoms with Gasteiger partial charge in [-0.1, -0.05) is 23.7 Å². The van der Waals surface area contributed by atoms with Gasteiger partial charge in [0.1, 0.15) is 17.2 Å². The summed E-state index contributed by atoms with van der Waals surface area (Å²) >= 11 is 5.86. The van der Waals surface area contributed by atoms with Gasteiger partial charge < -0.3 is 20.8 Å². The van der Waals surface area contributed by atoms with E-state index in [0.29, 0.717) is 39.2 Å². The molecule has 0 unspecified atom stereocenters. The Labute approximate surface area is 170 Å². The van der Waals surface area contributed by atoms with E-state index in [1.54, 1.807) is 43.6 Å². The van der Waals surface area contributed by atoms with E-state index in [4.69, 9.17) is 21.8 Å². The minimum Gasteiger partial charge on any atom is -0.436 e. The predicted octanol–water partition coefficient (Wildman–Crippen LogP) is 4.97. The number of nitrogen functional groups attached to an aromatic ring is 1. The van der Waals surface area contributed by atoms with Crippen LogP contribution in [0.1, 0.15) is 10.4 Å². The molecule has 0 fully saturated rings. The lowest BCUT2D eigenvalue weighted by Crippen LogP contribution is -2.17. The standard InChI is InChI=1S/C21H16ClFN4O2/c1-25-21(28)12-4-2-3-11(9-12)17-19-14(7-8-26-17)18(20(24)29-19)27-13-5-6-16(23)15(22)10-13/h2-10,27H,24H2,1H3,(H,25,28). The zero-order valence-corrected chi connectivity index (χ0v) is 16.0. The summed E-state index contributed by atoms with van der Waals surface area (Å²) in [6.45, 7) is 0. The first-order valence-electron chi connectivity index (χ1n) is 8.69. The third-order valence-corrected chi connectivity index (χ3v) is 4.74. The summed E-state index contributed by atoms with van der Waals surface area (Å²) in [5.41, 5.74) is 9.40. The van der Waals surface area contributed by atoms with Crippen LogP contribution < -0.4 is 16.4 Å². The molecule has 4 N–H and O–H groups in total. The van der Waals surface area contributed by atoms with Crippen molar-refractivity contribution in [2.45, 2.75) is 0 Å². The van der Waals surface area contributed by atoms with E-state index in [2.05, 4.69) is 15.6 Å². The van der Waals surface area contributed by atoms with Crippen LogP contribution in [0.3, 0.4) is 0 Å². The molecule has 0 radical (unpaired) electrons. The quantitative estimate of drug-likeness (QED) is 0.441. The van der Waals surface area contributed by atoms with Gasteiger partial charge in [-0.25, -0.2) is 4.39 Å². The number of carbonyl (C=O) groups excluding carboxylic acids is 1. The average Bonchev–Trinajstić information content (AvgIpc) is 3.05. The van der Waals surface area contributed by atoms with Crippen LogP contribution >= 0.6 is 11.6 Å². The van der Waals surface area contributed by atoms with Crippen LogP contribution in [0.4, 0.5) is 21.6 Å². The van der Waals surface area contributed by atoms with Crippen molar-refractivity contribution in [3.8, 4) is 11.3 Å². The molecule has 8 heteroatoms. The van der Waals surface area contributed by atoms with Gasteiger partial charge in [0, 0.05) is 30.1 Å². The molecule has 0 aliphatic heterocycles. The smallest absolute Gasteiger partial charge is 0.251 e. The SMILES string of the molecule is CNC(=O)c1cccc(-c2nccc3c(Nc4ccc(F)c(Cl)c4)c(N)oc23)c1. The molecule has 1 amide bonds. The molecule has 0 spiro atoms. The lowest BCUT2D eigenvalue weighted by atomic mass is 10.1. The number of nitrogens with zero attached hydrogens (tertiary/aromatic N) is 1. The number of aromatic nitrogens is 1. The number of fused-ring (bicyclic) bond motifs is 1. The highest BCUT2D eigenvalue weighted by Crippen LogP contribution is 2.39. The van der Waals surface area contributed by atoms with Crippen LogP contribution in [-0.4, -0.2) is 17.9 Å². The Kier molecular flexibility index (Phi) is 4.82. The number of benzene rings is 2. The van der Waals surface area contributed by atoms with Crippen molar-refractivity contribution in [2.24, 2.45) is 0 Å². The fourth-order valence-electron chi connectivity index (χ4n) is 3.05. The Morgan fingerprint density at radius 1 is 1.21 bits per heavy atom. The number of nitrogens with one attached hydrogen (secondary N) is 2. The van der Waals surface area contributed by atoms with Gasteiger partial charge in [-0.2, -0.15) is 0 Å². The summed E-state index contributed by atoms with van der Waals surface area (Å²) < 4.78 is 19.2. The maximum Gasteiger partial charge on any atom is 0.251 e. The van der Waals surface area contributed by atoms with E-state index in [9.17, 15) is 9.18 Å². The number of carbonyl (C=O) groups is 1. The summed E-state index contributed by atoms with van der Waals surface area (Å²) in [6.07, 6.45) is 1.63. The van der Waals surface area contributed by atoms with E-state index < -0.39 is 5.82 Å². The Balaban J connectivity index is 1.80. The molecule has 146 valence electrons. The van der Waals surface area contributed by atoms with E-state index in [-0.39, 0.29) is 16.8 Å². The lowest BCUT2D eigenvalue weighted by Gasteiger charge is -2.07. The number of furan rings is 1. The Hall–Kier alpha value is -3.58. The monoisotopic (exact) mass is 410 g/mol. The minimum absolute atomic E-state index is 0.00487. The number of hydrogen-bond donors (Lipinski definition) is 3. The summed E-state index contributed by atoms with van der Waals surface area (Å²) in [5, 5.41) is 6.40.